The molecule has 2 aromatic carbocycles. The highest BCUT2D eigenvalue weighted by Gasteiger charge is 2.14. The predicted molar refractivity (Wildman–Crippen MR) is 103 cm³/mol. The quantitative estimate of drug-likeness (QED) is 0.515. The predicted octanol–water partition coefficient (Wildman–Crippen LogP) is 3.97. The van der Waals surface area contributed by atoms with Gasteiger partial charge in [-0.05, 0) is 48.4 Å². The van der Waals surface area contributed by atoms with Crippen LogP contribution in [0.1, 0.15) is 11.1 Å². The summed E-state index contributed by atoms with van der Waals surface area (Å²) in [5, 5.41) is 2.94. The van der Waals surface area contributed by atoms with Crippen molar-refractivity contribution in [3.63, 3.8) is 0 Å². The Morgan fingerprint density at radius 3 is 2.28 bits per heavy atom. The van der Waals surface area contributed by atoms with Gasteiger partial charge in [-0.3, -0.25) is 4.79 Å². The number of benzene rings is 2. The van der Waals surface area contributed by atoms with Crippen molar-refractivity contribution < 1.29 is 17.6 Å². The van der Waals surface area contributed by atoms with Crippen LogP contribution in [0.4, 0.5) is 34.9 Å². The monoisotopic (exact) mass is 406 g/mol. The zero-order valence-corrected chi connectivity index (χ0v) is 15.9. The summed E-state index contributed by atoms with van der Waals surface area (Å²) in [6, 6.07) is 7.11. The van der Waals surface area contributed by atoms with E-state index in [-0.39, 0.29) is 18.1 Å². The topological polar surface area (TPSA) is 50.2 Å². The fourth-order valence-corrected chi connectivity index (χ4v) is 2.77. The highest BCUT2D eigenvalue weighted by atomic mass is 19.2. The Morgan fingerprint density at radius 1 is 1.03 bits per heavy atom. The molecule has 0 saturated carbocycles. The van der Waals surface area contributed by atoms with Gasteiger partial charge in [0.15, 0.2) is 17.5 Å². The summed E-state index contributed by atoms with van der Waals surface area (Å²) < 4.78 is 55.2. The third-order valence-corrected chi connectivity index (χ3v) is 4.32. The van der Waals surface area contributed by atoms with E-state index < -0.39 is 28.8 Å². The summed E-state index contributed by atoms with van der Waals surface area (Å²) in [4.78, 5) is 17.3. The number of rotatable bonds is 5. The first-order valence-electron chi connectivity index (χ1n) is 8.61. The average molecular weight is 406 g/mol. The maximum Gasteiger partial charge on any atom is 0.310 e. The fraction of sp³-hybridized carbons (Fsp3) is 0.200. The van der Waals surface area contributed by atoms with Crippen LogP contribution < -0.4 is 15.8 Å². The SMILES string of the molecule is Cc1cc(N(C)C)ccc1Nc1nc(=O)c(F)cn1Cc1cc(F)c(F)c(F)c1. The summed E-state index contributed by atoms with van der Waals surface area (Å²) in [5.74, 6) is -5.47. The number of aromatic nitrogens is 2. The molecule has 0 spiro atoms. The van der Waals surface area contributed by atoms with E-state index in [1.807, 2.05) is 38.1 Å². The summed E-state index contributed by atoms with van der Waals surface area (Å²) >= 11 is 0. The van der Waals surface area contributed by atoms with Crippen molar-refractivity contribution in [2.24, 2.45) is 0 Å². The van der Waals surface area contributed by atoms with Crippen LogP contribution in [0.25, 0.3) is 0 Å². The third-order valence-electron chi connectivity index (χ3n) is 4.32. The van der Waals surface area contributed by atoms with Gasteiger partial charge in [0, 0.05) is 31.7 Å². The van der Waals surface area contributed by atoms with Gasteiger partial charge in [0.05, 0.1) is 6.54 Å². The van der Waals surface area contributed by atoms with Crippen LogP contribution in [0, 0.1) is 30.2 Å². The molecule has 1 aromatic heterocycles. The maximum atomic E-state index is 13.8. The zero-order chi connectivity index (χ0) is 21.3. The van der Waals surface area contributed by atoms with E-state index in [4.69, 9.17) is 0 Å². The summed E-state index contributed by atoms with van der Waals surface area (Å²) in [5.41, 5.74) is 1.35. The Balaban J connectivity index is 2.00. The van der Waals surface area contributed by atoms with E-state index in [0.717, 1.165) is 29.6 Å². The van der Waals surface area contributed by atoms with E-state index in [0.29, 0.717) is 5.69 Å². The van der Waals surface area contributed by atoms with Crippen LogP contribution in [-0.4, -0.2) is 23.6 Å². The second-order valence-electron chi connectivity index (χ2n) is 6.74. The van der Waals surface area contributed by atoms with Crippen molar-refractivity contribution in [1.29, 1.82) is 0 Å². The molecule has 1 N–H and O–H groups in total. The Hall–Kier alpha value is -3.36. The van der Waals surface area contributed by atoms with Crippen LogP contribution in [-0.2, 0) is 6.54 Å². The average Bonchev–Trinajstić information content (AvgIpc) is 2.65. The Morgan fingerprint density at radius 2 is 1.69 bits per heavy atom. The van der Waals surface area contributed by atoms with E-state index in [9.17, 15) is 22.4 Å². The first-order valence-corrected chi connectivity index (χ1v) is 8.61. The molecule has 0 saturated heterocycles. The Labute approximate surface area is 164 Å². The van der Waals surface area contributed by atoms with Gasteiger partial charge in [-0.2, -0.15) is 9.37 Å². The number of aryl methyl sites for hydroxylation is 1. The van der Waals surface area contributed by atoms with E-state index >= 15 is 0 Å². The number of nitrogens with one attached hydrogen (secondary N) is 1. The van der Waals surface area contributed by atoms with Gasteiger partial charge in [-0.25, -0.2) is 13.2 Å². The first kappa shape index (κ1) is 20.4. The van der Waals surface area contributed by atoms with Gasteiger partial charge in [0.2, 0.25) is 11.8 Å². The molecular weight excluding hydrogens is 388 g/mol. The van der Waals surface area contributed by atoms with Crippen LogP contribution in [0.2, 0.25) is 0 Å². The molecular formula is C20H18F4N4O. The van der Waals surface area contributed by atoms with E-state index in [2.05, 4.69) is 10.3 Å². The standard InChI is InChI=1S/C20H18F4N4O/c1-11-6-13(27(2)3)4-5-17(11)25-20-26-19(29)16(23)10-28(20)9-12-7-14(21)18(24)15(22)8-12/h4-8,10H,9H2,1-3H3,(H,25,26,29). The number of halogens is 4. The molecule has 0 bridgehead atoms. The zero-order valence-electron chi connectivity index (χ0n) is 15.9. The minimum Gasteiger partial charge on any atom is -0.378 e. The highest BCUT2D eigenvalue weighted by molar-refractivity contribution is 5.64. The normalized spacial score (nSPS) is 10.9. The third kappa shape index (κ3) is 4.39. The molecule has 5 nitrogen and oxygen atoms in total. The van der Waals surface area contributed by atoms with E-state index in [1.54, 1.807) is 6.07 Å². The lowest BCUT2D eigenvalue weighted by molar-refractivity contribution is 0.444. The maximum absolute atomic E-state index is 13.8. The molecule has 0 radical (unpaired) electrons. The molecule has 3 rings (SSSR count). The Bertz CT molecular complexity index is 1100. The van der Waals surface area contributed by atoms with Gasteiger partial charge >= 0.3 is 5.56 Å². The molecule has 152 valence electrons. The molecule has 0 aliphatic heterocycles. The molecule has 0 fully saturated rings. The van der Waals surface area contributed by atoms with Crippen LogP contribution >= 0.6 is 0 Å². The van der Waals surface area contributed by atoms with Gasteiger partial charge in [-0.1, -0.05) is 0 Å². The molecule has 0 atom stereocenters. The lowest BCUT2D eigenvalue weighted by atomic mass is 10.1. The number of nitrogens with zero attached hydrogens (tertiary/aromatic N) is 3. The number of anilines is 3. The minimum absolute atomic E-state index is 0.0257. The molecule has 0 amide bonds. The molecule has 9 heteroatoms. The van der Waals surface area contributed by atoms with Gasteiger partial charge in [-0.15, -0.1) is 0 Å². The van der Waals surface area contributed by atoms with Crippen molar-refractivity contribution in [2.45, 2.75) is 13.5 Å². The molecule has 0 aliphatic carbocycles. The lowest BCUT2D eigenvalue weighted by Crippen LogP contribution is -2.20. The highest BCUT2D eigenvalue weighted by Crippen LogP contribution is 2.24. The molecule has 1 heterocycles. The van der Waals surface area contributed by atoms with Crippen molar-refractivity contribution >= 4 is 17.3 Å². The molecule has 0 aliphatic rings. The second-order valence-corrected chi connectivity index (χ2v) is 6.74. The second kappa shape index (κ2) is 7.94. The molecule has 29 heavy (non-hydrogen) atoms. The molecule has 0 unspecified atom stereocenters. The van der Waals surface area contributed by atoms with Crippen molar-refractivity contribution in [3.05, 3.63) is 81.3 Å². The van der Waals surface area contributed by atoms with E-state index in [1.165, 1.54) is 4.57 Å². The summed E-state index contributed by atoms with van der Waals surface area (Å²) in [7, 11) is 3.78. The minimum atomic E-state index is -1.59. The summed E-state index contributed by atoms with van der Waals surface area (Å²) in [6.45, 7) is 1.60. The summed E-state index contributed by atoms with van der Waals surface area (Å²) in [6.07, 6.45) is 0.875. The number of hydrogen-bond acceptors (Lipinski definition) is 4. The largest absolute Gasteiger partial charge is 0.378 e. The van der Waals surface area contributed by atoms with Crippen LogP contribution in [0.5, 0.6) is 0 Å². The van der Waals surface area contributed by atoms with Gasteiger partial charge < -0.3 is 14.8 Å². The first-order chi connectivity index (χ1) is 13.7. The number of hydrogen-bond donors (Lipinski definition) is 1. The van der Waals surface area contributed by atoms with Gasteiger partial charge in [0.25, 0.3) is 0 Å². The lowest BCUT2D eigenvalue weighted by Gasteiger charge is -2.18. The smallest absolute Gasteiger partial charge is 0.310 e. The van der Waals surface area contributed by atoms with Crippen molar-refractivity contribution in [3.8, 4) is 0 Å². The Kier molecular flexibility index (Phi) is 5.58. The van der Waals surface area contributed by atoms with Crippen LogP contribution in [0.3, 0.4) is 0 Å². The van der Waals surface area contributed by atoms with Crippen molar-refractivity contribution in [1.82, 2.24) is 9.55 Å². The van der Waals surface area contributed by atoms with Crippen molar-refractivity contribution in [2.75, 3.05) is 24.3 Å². The fourth-order valence-electron chi connectivity index (χ4n) is 2.77. The van der Waals surface area contributed by atoms with Crippen LogP contribution in [0.15, 0.2) is 41.3 Å². The molecule has 3 aromatic rings. The van der Waals surface area contributed by atoms with Gasteiger partial charge in [0.1, 0.15) is 0 Å².